The van der Waals surface area contributed by atoms with Gasteiger partial charge < -0.3 is 25.0 Å². The van der Waals surface area contributed by atoms with Crippen LogP contribution in [0.1, 0.15) is 36.2 Å². The lowest BCUT2D eigenvalue weighted by atomic mass is 9.97. The van der Waals surface area contributed by atoms with E-state index in [2.05, 4.69) is 39.4 Å². The predicted octanol–water partition coefficient (Wildman–Crippen LogP) is 3.82. The molecule has 0 bridgehead atoms. The maximum absolute atomic E-state index is 13.1. The minimum Gasteiger partial charge on any atom is -0.346 e. The summed E-state index contributed by atoms with van der Waals surface area (Å²) in [5.74, 6) is 0.0831. The first-order chi connectivity index (χ1) is 17.4. The molecule has 2 aromatic heterocycles. The minimum atomic E-state index is -0.0193. The third kappa shape index (κ3) is 4.99. The normalized spacial score (nSPS) is 16.9. The Labute approximate surface area is 212 Å². The summed E-state index contributed by atoms with van der Waals surface area (Å²) in [6.45, 7) is 8.52. The van der Waals surface area contributed by atoms with Gasteiger partial charge in [0.05, 0.1) is 0 Å². The van der Waals surface area contributed by atoms with Gasteiger partial charge in [0.2, 0.25) is 0 Å². The van der Waals surface area contributed by atoms with Crippen molar-refractivity contribution in [2.45, 2.75) is 26.3 Å². The molecular formula is C28H34N6O2. The molecule has 8 nitrogen and oxygen atoms in total. The molecule has 5 rings (SSSR count). The van der Waals surface area contributed by atoms with Crippen LogP contribution in [0.25, 0.3) is 27.7 Å². The molecule has 8 heteroatoms. The highest BCUT2D eigenvalue weighted by molar-refractivity contribution is 5.97. The second-order valence-electron chi connectivity index (χ2n) is 10.0. The zero-order chi connectivity index (χ0) is 25.2. The lowest BCUT2D eigenvalue weighted by Gasteiger charge is -2.32. The standard InChI is InChI=1S/C28H34N6O2/c1-19(2)31-28(36)34-9-7-20(8-10-34)25-18-30-26-24(25)16-23(17-29-26)21-5-4-6-22(15-21)27(35)33-13-11-32(3)12-14-33/h4-7,15-19H,8-14H2,1-3H3,(H,29,30)(H,31,36). The number of nitrogens with zero attached hydrogens (tertiary/aromatic N) is 4. The van der Waals surface area contributed by atoms with Crippen LogP contribution in [0.3, 0.4) is 0 Å². The minimum absolute atomic E-state index is 0.0193. The van der Waals surface area contributed by atoms with Crippen LogP contribution in [0.5, 0.6) is 0 Å². The molecule has 1 saturated heterocycles. The summed E-state index contributed by atoms with van der Waals surface area (Å²) in [6.07, 6.45) is 6.78. The molecule has 188 valence electrons. The maximum atomic E-state index is 13.1. The Bertz CT molecular complexity index is 1300. The summed E-state index contributed by atoms with van der Waals surface area (Å²) < 4.78 is 0. The Morgan fingerprint density at radius 2 is 1.83 bits per heavy atom. The number of aromatic amines is 1. The van der Waals surface area contributed by atoms with E-state index in [0.29, 0.717) is 18.7 Å². The van der Waals surface area contributed by atoms with Gasteiger partial charge in [0.1, 0.15) is 5.65 Å². The summed E-state index contributed by atoms with van der Waals surface area (Å²) in [6, 6.07) is 10.1. The molecule has 2 N–H and O–H groups in total. The largest absolute Gasteiger partial charge is 0.346 e. The van der Waals surface area contributed by atoms with Crippen LogP contribution in [0.2, 0.25) is 0 Å². The Kier molecular flexibility index (Phi) is 6.78. The van der Waals surface area contributed by atoms with Crippen LogP contribution in [-0.4, -0.2) is 89.0 Å². The molecule has 3 amide bonds. The first kappa shape index (κ1) is 24.1. The van der Waals surface area contributed by atoms with E-state index in [1.54, 1.807) is 0 Å². The van der Waals surface area contributed by atoms with E-state index in [1.165, 1.54) is 5.57 Å². The van der Waals surface area contributed by atoms with Crippen LogP contribution in [-0.2, 0) is 0 Å². The topological polar surface area (TPSA) is 84.6 Å². The van der Waals surface area contributed by atoms with Crippen molar-refractivity contribution in [3.63, 3.8) is 0 Å². The first-order valence-electron chi connectivity index (χ1n) is 12.7. The SMILES string of the molecule is CC(C)NC(=O)N1CC=C(c2c[nH]c3ncc(-c4cccc(C(=O)N5CCN(C)CC5)c4)cc23)CC1. The maximum Gasteiger partial charge on any atom is 0.317 e. The number of amides is 3. The molecule has 0 atom stereocenters. The average molecular weight is 487 g/mol. The number of fused-ring (bicyclic) bond motifs is 1. The average Bonchev–Trinajstić information content (AvgIpc) is 3.32. The zero-order valence-corrected chi connectivity index (χ0v) is 21.3. The van der Waals surface area contributed by atoms with Gasteiger partial charge in [-0.1, -0.05) is 18.2 Å². The van der Waals surface area contributed by atoms with Gasteiger partial charge in [-0.15, -0.1) is 0 Å². The van der Waals surface area contributed by atoms with E-state index in [9.17, 15) is 9.59 Å². The molecule has 0 saturated carbocycles. The van der Waals surface area contributed by atoms with Gasteiger partial charge in [0, 0.05) is 79.8 Å². The summed E-state index contributed by atoms with van der Waals surface area (Å²) in [5, 5.41) is 4.02. The molecule has 0 spiro atoms. The van der Waals surface area contributed by atoms with Gasteiger partial charge in [-0.25, -0.2) is 9.78 Å². The van der Waals surface area contributed by atoms with Crippen LogP contribution in [0.15, 0.2) is 48.8 Å². The van der Waals surface area contributed by atoms with E-state index in [1.807, 2.05) is 60.3 Å². The van der Waals surface area contributed by atoms with E-state index in [4.69, 9.17) is 0 Å². The molecule has 4 heterocycles. The molecule has 3 aromatic rings. The Hall–Kier alpha value is -3.65. The van der Waals surface area contributed by atoms with Gasteiger partial charge in [-0.05, 0) is 56.7 Å². The number of pyridine rings is 1. The van der Waals surface area contributed by atoms with E-state index < -0.39 is 0 Å². The van der Waals surface area contributed by atoms with E-state index >= 15 is 0 Å². The number of aromatic nitrogens is 2. The van der Waals surface area contributed by atoms with Crippen LogP contribution in [0, 0.1) is 0 Å². The van der Waals surface area contributed by atoms with E-state index in [-0.39, 0.29) is 18.0 Å². The summed E-state index contributed by atoms with van der Waals surface area (Å²) in [4.78, 5) is 39.4. The third-order valence-corrected chi connectivity index (χ3v) is 7.02. The van der Waals surface area contributed by atoms with E-state index in [0.717, 1.165) is 60.3 Å². The molecule has 2 aliphatic heterocycles. The summed E-state index contributed by atoms with van der Waals surface area (Å²) in [7, 11) is 2.09. The summed E-state index contributed by atoms with van der Waals surface area (Å²) >= 11 is 0. The number of hydrogen-bond donors (Lipinski definition) is 2. The number of hydrogen-bond acceptors (Lipinski definition) is 4. The van der Waals surface area contributed by atoms with Gasteiger partial charge in [0.15, 0.2) is 0 Å². The lowest BCUT2D eigenvalue weighted by molar-refractivity contribution is 0.0664. The van der Waals surface area contributed by atoms with Gasteiger partial charge in [-0.3, -0.25) is 4.79 Å². The number of carbonyl (C=O) groups excluding carboxylic acids is 2. The fourth-order valence-electron chi connectivity index (χ4n) is 4.89. The second-order valence-corrected chi connectivity index (χ2v) is 10.0. The molecule has 0 aliphatic carbocycles. The molecular weight excluding hydrogens is 452 g/mol. The number of benzene rings is 1. The van der Waals surface area contributed by atoms with Gasteiger partial charge in [-0.2, -0.15) is 0 Å². The van der Waals surface area contributed by atoms with Crippen LogP contribution < -0.4 is 5.32 Å². The van der Waals surface area contributed by atoms with Crippen molar-refractivity contribution in [2.75, 3.05) is 46.3 Å². The highest BCUT2D eigenvalue weighted by Crippen LogP contribution is 2.31. The fraction of sp³-hybridized carbons (Fsp3) is 0.393. The number of carbonyl (C=O) groups is 2. The monoisotopic (exact) mass is 486 g/mol. The summed E-state index contributed by atoms with van der Waals surface area (Å²) in [5.41, 5.74) is 5.83. The Balaban J connectivity index is 1.38. The molecule has 2 aliphatic rings. The zero-order valence-electron chi connectivity index (χ0n) is 21.3. The quantitative estimate of drug-likeness (QED) is 0.587. The van der Waals surface area contributed by atoms with Crippen molar-refractivity contribution in [2.24, 2.45) is 0 Å². The lowest BCUT2D eigenvalue weighted by Crippen LogP contribution is -2.47. The van der Waals surface area contributed by atoms with Crippen molar-refractivity contribution < 1.29 is 9.59 Å². The number of rotatable bonds is 4. The number of piperazine rings is 1. The van der Waals surface area contributed by atoms with Crippen molar-refractivity contribution in [3.8, 4) is 11.1 Å². The Morgan fingerprint density at radius 1 is 1.03 bits per heavy atom. The van der Waals surface area contributed by atoms with Crippen LogP contribution in [0.4, 0.5) is 4.79 Å². The molecule has 36 heavy (non-hydrogen) atoms. The van der Waals surface area contributed by atoms with Crippen molar-refractivity contribution >= 4 is 28.5 Å². The van der Waals surface area contributed by atoms with Gasteiger partial charge >= 0.3 is 6.03 Å². The second kappa shape index (κ2) is 10.1. The van der Waals surface area contributed by atoms with Crippen LogP contribution >= 0.6 is 0 Å². The fourth-order valence-corrected chi connectivity index (χ4v) is 4.89. The number of H-pyrrole nitrogens is 1. The van der Waals surface area contributed by atoms with Crippen molar-refractivity contribution in [1.29, 1.82) is 0 Å². The smallest absolute Gasteiger partial charge is 0.317 e. The molecule has 1 fully saturated rings. The number of nitrogens with one attached hydrogen (secondary N) is 2. The molecule has 1 aromatic carbocycles. The predicted molar refractivity (Wildman–Crippen MR) is 143 cm³/mol. The molecule has 0 radical (unpaired) electrons. The number of urea groups is 1. The third-order valence-electron chi connectivity index (χ3n) is 7.02. The molecule has 0 unspecified atom stereocenters. The number of likely N-dealkylation sites (N-methyl/N-ethyl adjacent to an activating group) is 1. The highest BCUT2D eigenvalue weighted by Gasteiger charge is 2.22. The van der Waals surface area contributed by atoms with Crippen molar-refractivity contribution in [1.82, 2.24) is 30.0 Å². The highest BCUT2D eigenvalue weighted by atomic mass is 16.2. The first-order valence-corrected chi connectivity index (χ1v) is 12.7. The van der Waals surface area contributed by atoms with Crippen molar-refractivity contribution in [3.05, 3.63) is 59.9 Å². The Morgan fingerprint density at radius 3 is 2.56 bits per heavy atom. The van der Waals surface area contributed by atoms with Gasteiger partial charge in [0.25, 0.3) is 5.91 Å².